The van der Waals surface area contributed by atoms with Gasteiger partial charge in [-0.15, -0.1) is 0 Å². The molecule has 0 saturated carbocycles. The monoisotopic (exact) mass is 314 g/mol. The summed E-state index contributed by atoms with van der Waals surface area (Å²) in [6.07, 6.45) is 2.91. The summed E-state index contributed by atoms with van der Waals surface area (Å²) in [7, 11) is 0. The second-order valence-electron chi connectivity index (χ2n) is 7.61. The quantitative estimate of drug-likeness (QED) is 0.836. The van der Waals surface area contributed by atoms with E-state index in [1.165, 1.54) is 27.7 Å². The third-order valence-corrected chi connectivity index (χ3v) is 4.62. The summed E-state index contributed by atoms with van der Waals surface area (Å²) in [5.74, 6) is -0.295. The number of H-pyrrole nitrogens is 1. The molecule has 23 heavy (non-hydrogen) atoms. The zero-order valence-corrected chi connectivity index (χ0v) is 14.5. The van der Waals surface area contributed by atoms with Crippen LogP contribution in [0.3, 0.4) is 0 Å². The van der Waals surface area contributed by atoms with Gasteiger partial charge in [-0.1, -0.05) is 25.1 Å². The molecular formula is C19H26N2O2. The molecule has 0 saturated heterocycles. The van der Waals surface area contributed by atoms with Crippen molar-refractivity contribution in [1.82, 2.24) is 4.98 Å². The molecule has 0 amide bonds. The predicted molar refractivity (Wildman–Crippen MR) is 92.5 cm³/mol. The van der Waals surface area contributed by atoms with Gasteiger partial charge in [-0.2, -0.15) is 0 Å². The van der Waals surface area contributed by atoms with Crippen molar-refractivity contribution in [2.24, 2.45) is 5.73 Å². The van der Waals surface area contributed by atoms with Gasteiger partial charge in [0, 0.05) is 23.0 Å². The van der Waals surface area contributed by atoms with Crippen molar-refractivity contribution in [3.05, 3.63) is 35.0 Å². The standard InChI is InChI=1S/C19H26N2O2/c1-5-12-7-6-8-13-14-11-19(20,17(22)23-18(2,3)4)10-9-15(14)21-16(12)13/h6-8,21H,5,9-11,20H2,1-4H3. The van der Waals surface area contributed by atoms with Crippen LogP contribution in [-0.2, 0) is 28.8 Å². The minimum Gasteiger partial charge on any atom is -0.459 e. The topological polar surface area (TPSA) is 68.1 Å². The van der Waals surface area contributed by atoms with Crippen molar-refractivity contribution in [1.29, 1.82) is 0 Å². The third kappa shape index (κ3) is 2.88. The van der Waals surface area contributed by atoms with Crippen LogP contribution in [0.15, 0.2) is 18.2 Å². The van der Waals surface area contributed by atoms with Crippen LogP contribution in [-0.4, -0.2) is 22.1 Å². The molecule has 1 unspecified atom stereocenters. The smallest absolute Gasteiger partial charge is 0.326 e. The molecule has 2 aromatic rings. The molecule has 1 aliphatic rings. The Morgan fingerprint density at radius 3 is 2.78 bits per heavy atom. The number of nitrogens with two attached hydrogens (primary N) is 1. The van der Waals surface area contributed by atoms with Crippen molar-refractivity contribution in [3.63, 3.8) is 0 Å². The highest BCUT2D eigenvalue weighted by molar-refractivity contribution is 5.90. The van der Waals surface area contributed by atoms with Crippen molar-refractivity contribution < 1.29 is 9.53 Å². The number of nitrogens with one attached hydrogen (secondary N) is 1. The number of aromatic nitrogens is 1. The fourth-order valence-electron chi connectivity index (χ4n) is 3.40. The Bertz CT molecular complexity index is 755. The number of aryl methyl sites for hydroxylation is 2. The Morgan fingerprint density at radius 2 is 2.13 bits per heavy atom. The normalized spacial score (nSPS) is 21.3. The second-order valence-corrected chi connectivity index (χ2v) is 7.61. The van der Waals surface area contributed by atoms with Crippen LogP contribution in [0.2, 0.25) is 0 Å². The van der Waals surface area contributed by atoms with Gasteiger partial charge in [0.2, 0.25) is 0 Å². The average Bonchev–Trinajstić information content (AvgIpc) is 2.83. The van der Waals surface area contributed by atoms with Crippen molar-refractivity contribution in [2.75, 3.05) is 0 Å². The average molecular weight is 314 g/mol. The van der Waals surface area contributed by atoms with Crippen LogP contribution >= 0.6 is 0 Å². The maximum absolute atomic E-state index is 12.6. The van der Waals surface area contributed by atoms with Crippen molar-refractivity contribution >= 4 is 16.9 Å². The molecule has 0 aliphatic heterocycles. The van der Waals surface area contributed by atoms with Crippen LogP contribution in [0.25, 0.3) is 10.9 Å². The van der Waals surface area contributed by atoms with Gasteiger partial charge in [0.25, 0.3) is 0 Å². The first kappa shape index (κ1) is 16.1. The SMILES string of the molecule is CCc1cccc2c3c([nH]c12)CCC(N)(C(=O)OC(C)(C)C)C3. The first-order chi connectivity index (χ1) is 10.7. The largest absolute Gasteiger partial charge is 0.459 e. The number of aromatic amines is 1. The molecule has 0 spiro atoms. The number of carbonyl (C=O) groups excluding carboxylic acids is 1. The maximum atomic E-state index is 12.6. The summed E-state index contributed by atoms with van der Waals surface area (Å²) in [5.41, 5.74) is 9.89. The summed E-state index contributed by atoms with van der Waals surface area (Å²) in [6, 6.07) is 6.34. The van der Waals surface area contributed by atoms with E-state index in [0.29, 0.717) is 12.8 Å². The molecule has 0 bridgehead atoms. The fourth-order valence-corrected chi connectivity index (χ4v) is 3.40. The minimum absolute atomic E-state index is 0.295. The van der Waals surface area contributed by atoms with Gasteiger partial charge >= 0.3 is 5.97 Å². The molecular weight excluding hydrogens is 288 g/mol. The van der Waals surface area contributed by atoms with Gasteiger partial charge < -0.3 is 15.5 Å². The molecule has 1 heterocycles. The molecule has 1 aromatic carbocycles. The van der Waals surface area contributed by atoms with E-state index in [2.05, 4.69) is 30.1 Å². The number of rotatable bonds is 2. The van der Waals surface area contributed by atoms with Crippen molar-refractivity contribution in [3.8, 4) is 0 Å². The highest BCUT2D eigenvalue weighted by atomic mass is 16.6. The van der Waals surface area contributed by atoms with Crippen LogP contribution in [0.4, 0.5) is 0 Å². The van der Waals surface area contributed by atoms with Crippen LogP contribution in [0, 0.1) is 0 Å². The number of carbonyl (C=O) groups is 1. The summed E-state index contributed by atoms with van der Waals surface area (Å²) >= 11 is 0. The summed E-state index contributed by atoms with van der Waals surface area (Å²) < 4.78 is 5.55. The Balaban J connectivity index is 1.98. The molecule has 0 fully saturated rings. The lowest BCUT2D eigenvalue weighted by molar-refractivity contribution is -0.162. The predicted octanol–water partition coefficient (Wildman–Crippen LogP) is 3.26. The van der Waals surface area contributed by atoms with Gasteiger partial charge in [-0.3, -0.25) is 4.79 Å². The summed E-state index contributed by atoms with van der Waals surface area (Å²) in [4.78, 5) is 16.1. The molecule has 1 atom stereocenters. The summed E-state index contributed by atoms with van der Waals surface area (Å²) in [6.45, 7) is 7.79. The van der Waals surface area contributed by atoms with E-state index >= 15 is 0 Å². The van der Waals surface area contributed by atoms with Gasteiger partial charge in [0.05, 0.1) is 0 Å². The number of ether oxygens (including phenoxy) is 1. The van der Waals surface area contributed by atoms with E-state index in [9.17, 15) is 4.79 Å². The number of para-hydroxylation sites is 1. The summed E-state index contributed by atoms with van der Waals surface area (Å²) in [5, 5.41) is 1.19. The lowest BCUT2D eigenvalue weighted by Gasteiger charge is -2.34. The van der Waals surface area contributed by atoms with Gasteiger partial charge in [-0.05, 0) is 51.2 Å². The van der Waals surface area contributed by atoms with Gasteiger partial charge in [0.15, 0.2) is 0 Å². The third-order valence-electron chi connectivity index (χ3n) is 4.62. The van der Waals surface area contributed by atoms with Gasteiger partial charge in [0.1, 0.15) is 11.1 Å². The Labute approximate surface area is 137 Å². The second kappa shape index (κ2) is 5.38. The van der Waals surface area contributed by atoms with E-state index in [1.54, 1.807) is 0 Å². The van der Waals surface area contributed by atoms with Gasteiger partial charge in [-0.25, -0.2) is 0 Å². The Morgan fingerprint density at radius 1 is 1.39 bits per heavy atom. The van der Waals surface area contributed by atoms with E-state index in [-0.39, 0.29) is 5.97 Å². The minimum atomic E-state index is -0.933. The number of hydrogen-bond donors (Lipinski definition) is 2. The van der Waals surface area contributed by atoms with E-state index in [4.69, 9.17) is 10.5 Å². The molecule has 124 valence electrons. The van der Waals surface area contributed by atoms with E-state index < -0.39 is 11.1 Å². The molecule has 1 aromatic heterocycles. The van der Waals surface area contributed by atoms with Crippen LogP contribution < -0.4 is 5.73 Å². The first-order valence-electron chi connectivity index (χ1n) is 8.37. The first-order valence-corrected chi connectivity index (χ1v) is 8.37. The number of hydrogen-bond acceptors (Lipinski definition) is 3. The van der Waals surface area contributed by atoms with Crippen LogP contribution in [0.5, 0.6) is 0 Å². The molecule has 3 rings (SSSR count). The highest BCUT2D eigenvalue weighted by Gasteiger charge is 2.42. The molecule has 1 aliphatic carbocycles. The van der Waals surface area contributed by atoms with E-state index in [1.807, 2.05) is 20.8 Å². The lowest BCUT2D eigenvalue weighted by atomic mass is 9.80. The van der Waals surface area contributed by atoms with Crippen LogP contribution in [0.1, 0.15) is 50.9 Å². The number of fused-ring (bicyclic) bond motifs is 3. The Kier molecular flexibility index (Phi) is 3.75. The Hall–Kier alpha value is -1.81. The number of benzene rings is 1. The lowest BCUT2D eigenvalue weighted by Crippen LogP contribution is -2.54. The highest BCUT2D eigenvalue weighted by Crippen LogP contribution is 2.35. The molecule has 4 heteroatoms. The molecule has 0 radical (unpaired) electrons. The fraction of sp³-hybridized carbons (Fsp3) is 0.526. The molecule has 3 N–H and O–H groups in total. The number of esters is 1. The molecule has 4 nitrogen and oxygen atoms in total. The zero-order valence-electron chi connectivity index (χ0n) is 14.5. The van der Waals surface area contributed by atoms with Crippen molar-refractivity contribution in [2.45, 2.75) is 64.5 Å². The zero-order chi connectivity index (χ0) is 16.8. The van der Waals surface area contributed by atoms with E-state index in [0.717, 1.165) is 12.8 Å². The maximum Gasteiger partial charge on any atom is 0.326 e.